The first-order valence-electron chi connectivity index (χ1n) is 6.71. The highest BCUT2D eigenvalue weighted by Gasteiger charge is 2.19. The summed E-state index contributed by atoms with van der Waals surface area (Å²) in [5.41, 5.74) is 1.99. The average Bonchev–Trinajstić information content (AvgIpc) is 2.39. The van der Waals surface area contributed by atoms with Crippen molar-refractivity contribution in [2.24, 2.45) is 0 Å². The zero-order valence-electron chi connectivity index (χ0n) is 11.3. The average molecular weight is 246 g/mol. The van der Waals surface area contributed by atoms with Gasteiger partial charge in [0.1, 0.15) is 0 Å². The molecule has 0 spiro atoms. The van der Waals surface area contributed by atoms with Crippen LogP contribution in [0.1, 0.15) is 29.3 Å². The molecule has 1 fully saturated rings. The fraction of sp³-hybridized carbons (Fsp3) is 0.533. The molecule has 3 nitrogen and oxygen atoms in total. The topological polar surface area (TPSA) is 32.3 Å². The summed E-state index contributed by atoms with van der Waals surface area (Å²) in [6.45, 7) is 8.33. The Labute approximate surface area is 109 Å². The molecular weight excluding hydrogens is 224 g/mol. The quantitative estimate of drug-likeness (QED) is 0.823. The van der Waals surface area contributed by atoms with Gasteiger partial charge in [-0.2, -0.15) is 0 Å². The fourth-order valence-electron chi connectivity index (χ4n) is 2.46. The summed E-state index contributed by atoms with van der Waals surface area (Å²) in [7, 11) is 0. The number of carbonyl (C=O) groups is 1. The van der Waals surface area contributed by atoms with Crippen LogP contribution >= 0.6 is 0 Å². The van der Waals surface area contributed by atoms with Gasteiger partial charge in [-0.3, -0.25) is 9.69 Å². The molecule has 0 saturated carbocycles. The third-order valence-corrected chi connectivity index (χ3v) is 3.60. The van der Waals surface area contributed by atoms with E-state index < -0.39 is 0 Å². The molecule has 98 valence electrons. The van der Waals surface area contributed by atoms with Gasteiger partial charge in [-0.15, -0.1) is 0 Å². The minimum Gasteiger partial charge on any atom is -0.314 e. The van der Waals surface area contributed by atoms with Gasteiger partial charge >= 0.3 is 0 Å². The van der Waals surface area contributed by atoms with Gasteiger partial charge in [0.2, 0.25) is 0 Å². The van der Waals surface area contributed by atoms with E-state index >= 15 is 0 Å². The van der Waals surface area contributed by atoms with Crippen LogP contribution in [0.25, 0.3) is 0 Å². The summed E-state index contributed by atoms with van der Waals surface area (Å²) in [5.74, 6) is 0.254. The van der Waals surface area contributed by atoms with E-state index in [0.29, 0.717) is 12.5 Å². The molecular formula is C15H22N2O. The molecule has 1 aliphatic heterocycles. The maximum absolute atomic E-state index is 12.2. The van der Waals surface area contributed by atoms with Crippen molar-refractivity contribution in [1.82, 2.24) is 10.2 Å². The predicted octanol–water partition coefficient (Wildman–Crippen LogP) is 1.86. The molecule has 1 unspecified atom stereocenters. The Balaban J connectivity index is 1.94. The van der Waals surface area contributed by atoms with Crippen molar-refractivity contribution < 1.29 is 4.79 Å². The maximum atomic E-state index is 12.2. The van der Waals surface area contributed by atoms with E-state index in [4.69, 9.17) is 0 Å². The first-order valence-corrected chi connectivity index (χ1v) is 6.71. The summed E-state index contributed by atoms with van der Waals surface area (Å²) in [6.07, 6.45) is 0.615. The van der Waals surface area contributed by atoms with Gasteiger partial charge in [0.05, 0.1) is 0 Å². The number of aryl methyl sites for hydroxylation is 1. The molecule has 1 atom stereocenters. The summed E-state index contributed by atoms with van der Waals surface area (Å²) in [5, 5.41) is 3.34. The Morgan fingerprint density at radius 2 is 2.11 bits per heavy atom. The van der Waals surface area contributed by atoms with Crippen LogP contribution in [-0.2, 0) is 0 Å². The van der Waals surface area contributed by atoms with Crippen LogP contribution in [0.5, 0.6) is 0 Å². The Bertz CT molecular complexity index is 411. The third-order valence-electron chi connectivity index (χ3n) is 3.60. The molecule has 1 aliphatic rings. The highest BCUT2D eigenvalue weighted by Crippen LogP contribution is 2.12. The minimum atomic E-state index is 0.254. The molecule has 0 bridgehead atoms. The Morgan fingerprint density at radius 3 is 2.78 bits per heavy atom. The van der Waals surface area contributed by atoms with Gasteiger partial charge in [-0.05, 0) is 19.9 Å². The molecule has 1 heterocycles. The third kappa shape index (κ3) is 3.40. The van der Waals surface area contributed by atoms with Gasteiger partial charge in [-0.1, -0.05) is 23.8 Å². The Kier molecular flexibility index (Phi) is 4.50. The largest absolute Gasteiger partial charge is 0.314 e. The monoisotopic (exact) mass is 246 g/mol. The van der Waals surface area contributed by atoms with Crippen LogP contribution in [0, 0.1) is 6.92 Å². The zero-order valence-corrected chi connectivity index (χ0v) is 11.3. The Hall–Kier alpha value is -1.19. The van der Waals surface area contributed by atoms with Crippen LogP contribution in [0.15, 0.2) is 24.3 Å². The number of ketones is 1. The van der Waals surface area contributed by atoms with Gasteiger partial charge in [0.25, 0.3) is 0 Å². The number of nitrogens with zero attached hydrogens (tertiary/aromatic N) is 1. The van der Waals surface area contributed by atoms with Crippen molar-refractivity contribution in [2.75, 3.05) is 26.2 Å². The van der Waals surface area contributed by atoms with Crippen molar-refractivity contribution in [3.63, 3.8) is 0 Å². The molecule has 0 radical (unpaired) electrons. The molecule has 1 N–H and O–H groups in total. The smallest absolute Gasteiger partial charge is 0.164 e. The van der Waals surface area contributed by atoms with Gasteiger partial charge in [0.15, 0.2) is 5.78 Å². The lowest BCUT2D eigenvalue weighted by Gasteiger charge is -2.32. The second-order valence-electron chi connectivity index (χ2n) is 5.13. The number of benzene rings is 1. The summed E-state index contributed by atoms with van der Waals surface area (Å²) in [4.78, 5) is 14.6. The Morgan fingerprint density at radius 1 is 1.39 bits per heavy atom. The van der Waals surface area contributed by atoms with Crippen LogP contribution in [-0.4, -0.2) is 42.9 Å². The normalized spacial score (nSPS) is 18.6. The lowest BCUT2D eigenvalue weighted by molar-refractivity contribution is 0.0918. The van der Waals surface area contributed by atoms with Crippen LogP contribution in [0.4, 0.5) is 0 Å². The molecule has 1 aromatic rings. The van der Waals surface area contributed by atoms with E-state index in [1.54, 1.807) is 0 Å². The number of hydrogen-bond donors (Lipinski definition) is 1. The van der Waals surface area contributed by atoms with Crippen molar-refractivity contribution in [2.45, 2.75) is 26.3 Å². The van der Waals surface area contributed by atoms with E-state index in [-0.39, 0.29) is 5.78 Å². The lowest BCUT2D eigenvalue weighted by Crippen LogP contribution is -2.48. The van der Waals surface area contributed by atoms with Crippen LogP contribution in [0.3, 0.4) is 0 Å². The van der Waals surface area contributed by atoms with E-state index in [0.717, 1.165) is 37.3 Å². The summed E-state index contributed by atoms with van der Waals surface area (Å²) >= 11 is 0. The van der Waals surface area contributed by atoms with Crippen molar-refractivity contribution in [1.29, 1.82) is 0 Å². The molecule has 0 amide bonds. The van der Waals surface area contributed by atoms with Crippen molar-refractivity contribution in [3.8, 4) is 0 Å². The number of piperazine rings is 1. The number of Topliss-reactive ketones (excluding diaryl/α,β-unsaturated/α-hetero) is 1. The van der Waals surface area contributed by atoms with Crippen LogP contribution < -0.4 is 5.32 Å². The van der Waals surface area contributed by atoms with Gasteiger partial charge in [-0.25, -0.2) is 0 Å². The number of hydrogen-bond acceptors (Lipinski definition) is 3. The van der Waals surface area contributed by atoms with E-state index in [1.165, 1.54) is 0 Å². The lowest BCUT2D eigenvalue weighted by atomic mass is 10.0. The second-order valence-corrected chi connectivity index (χ2v) is 5.13. The highest BCUT2D eigenvalue weighted by atomic mass is 16.1. The molecule has 2 rings (SSSR count). The first kappa shape index (κ1) is 13.2. The van der Waals surface area contributed by atoms with E-state index in [2.05, 4.69) is 17.1 Å². The molecule has 3 heteroatoms. The first-order chi connectivity index (χ1) is 8.66. The van der Waals surface area contributed by atoms with Crippen molar-refractivity contribution >= 4 is 5.78 Å². The van der Waals surface area contributed by atoms with Crippen molar-refractivity contribution in [3.05, 3.63) is 35.4 Å². The maximum Gasteiger partial charge on any atom is 0.164 e. The SMILES string of the molecule is Cc1cccc(C(=O)CC(C)N2CCNCC2)c1. The van der Waals surface area contributed by atoms with Gasteiger partial charge in [0, 0.05) is 44.2 Å². The van der Waals surface area contributed by atoms with Crippen LogP contribution in [0.2, 0.25) is 0 Å². The van der Waals surface area contributed by atoms with Gasteiger partial charge < -0.3 is 5.32 Å². The number of carbonyl (C=O) groups excluding carboxylic acids is 1. The zero-order chi connectivity index (χ0) is 13.0. The molecule has 0 aliphatic carbocycles. The van der Waals surface area contributed by atoms with E-state index in [9.17, 15) is 4.79 Å². The second kappa shape index (κ2) is 6.12. The molecule has 1 saturated heterocycles. The standard InChI is InChI=1S/C15H22N2O/c1-12-4-3-5-14(10-12)15(18)11-13(2)17-8-6-16-7-9-17/h3-5,10,13,16H,6-9,11H2,1-2H3. The fourth-order valence-corrected chi connectivity index (χ4v) is 2.46. The molecule has 18 heavy (non-hydrogen) atoms. The molecule has 0 aromatic heterocycles. The highest BCUT2D eigenvalue weighted by molar-refractivity contribution is 5.96. The summed E-state index contributed by atoms with van der Waals surface area (Å²) < 4.78 is 0. The number of nitrogens with one attached hydrogen (secondary N) is 1. The summed E-state index contributed by atoms with van der Waals surface area (Å²) in [6, 6.07) is 8.21. The minimum absolute atomic E-state index is 0.254. The van der Waals surface area contributed by atoms with E-state index in [1.807, 2.05) is 31.2 Å². The predicted molar refractivity (Wildman–Crippen MR) is 74.0 cm³/mol. The molecule has 1 aromatic carbocycles. The number of rotatable bonds is 4.